The highest BCUT2D eigenvalue weighted by Crippen LogP contribution is 2.15. The number of hydrogen-bond donors (Lipinski definition) is 1. The van der Waals surface area contributed by atoms with Crippen molar-refractivity contribution >= 4 is 5.78 Å². The normalized spacial score (nSPS) is 10.2. The Hall–Kier alpha value is -2.00. The van der Waals surface area contributed by atoms with Crippen LogP contribution in [0.2, 0.25) is 0 Å². The first-order valence-electron chi connectivity index (χ1n) is 5.21. The van der Waals surface area contributed by atoms with Crippen LogP contribution in [0.5, 0.6) is 0 Å². The van der Waals surface area contributed by atoms with Crippen LogP contribution >= 0.6 is 0 Å². The van der Waals surface area contributed by atoms with E-state index < -0.39 is 0 Å². The Kier molecular flexibility index (Phi) is 3.30. The molecule has 3 heteroatoms. The fourth-order valence-electron chi connectivity index (χ4n) is 1.64. The molecule has 17 heavy (non-hydrogen) atoms. The molecular formula is C14H11FO2. The zero-order chi connectivity index (χ0) is 12.3. The van der Waals surface area contributed by atoms with Gasteiger partial charge in [0, 0.05) is 11.1 Å². The predicted octanol–water partition coefficient (Wildman–Crippen LogP) is 2.55. The van der Waals surface area contributed by atoms with Gasteiger partial charge in [0.1, 0.15) is 5.82 Å². The van der Waals surface area contributed by atoms with Crippen molar-refractivity contribution in [3.05, 3.63) is 71.0 Å². The summed E-state index contributed by atoms with van der Waals surface area (Å²) in [6, 6.07) is 12.2. The molecule has 2 aromatic rings. The third-order valence-corrected chi connectivity index (χ3v) is 2.54. The number of halogens is 1. The van der Waals surface area contributed by atoms with Crippen molar-refractivity contribution in [2.75, 3.05) is 0 Å². The quantitative estimate of drug-likeness (QED) is 0.823. The molecule has 0 aliphatic carbocycles. The van der Waals surface area contributed by atoms with E-state index in [1.54, 1.807) is 24.3 Å². The van der Waals surface area contributed by atoms with Gasteiger partial charge in [0.05, 0.1) is 6.61 Å². The maximum absolute atomic E-state index is 12.7. The Bertz CT molecular complexity index is 532. The summed E-state index contributed by atoms with van der Waals surface area (Å²) in [6.45, 7) is -0.191. The molecule has 0 heterocycles. The van der Waals surface area contributed by atoms with Crippen LogP contribution in [-0.2, 0) is 6.61 Å². The van der Waals surface area contributed by atoms with E-state index in [9.17, 15) is 9.18 Å². The standard InChI is InChI=1S/C14H11FO2/c15-12-7-5-10(6-8-12)14(17)13-4-2-1-3-11(13)9-16/h1-8,16H,9H2. The van der Waals surface area contributed by atoms with Crippen LogP contribution in [0.1, 0.15) is 21.5 Å². The third-order valence-electron chi connectivity index (χ3n) is 2.54. The van der Waals surface area contributed by atoms with Crippen LogP contribution in [0.25, 0.3) is 0 Å². The van der Waals surface area contributed by atoms with Crippen molar-refractivity contribution in [3.63, 3.8) is 0 Å². The summed E-state index contributed by atoms with van der Waals surface area (Å²) in [4.78, 5) is 12.1. The number of carbonyl (C=O) groups excluding carboxylic acids is 1. The second kappa shape index (κ2) is 4.89. The summed E-state index contributed by atoms with van der Waals surface area (Å²) in [5.41, 5.74) is 1.43. The van der Waals surface area contributed by atoms with E-state index in [2.05, 4.69) is 0 Å². The number of hydrogen-bond acceptors (Lipinski definition) is 2. The van der Waals surface area contributed by atoms with Gasteiger partial charge >= 0.3 is 0 Å². The first-order chi connectivity index (χ1) is 8.22. The lowest BCUT2D eigenvalue weighted by atomic mass is 9.99. The van der Waals surface area contributed by atoms with E-state index in [1.807, 2.05) is 0 Å². The molecule has 0 atom stereocenters. The summed E-state index contributed by atoms with van der Waals surface area (Å²) in [6.07, 6.45) is 0. The highest BCUT2D eigenvalue weighted by Gasteiger charge is 2.12. The van der Waals surface area contributed by atoms with Crippen LogP contribution in [0.3, 0.4) is 0 Å². The van der Waals surface area contributed by atoms with Gasteiger partial charge in [-0.3, -0.25) is 4.79 Å². The lowest BCUT2D eigenvalue weighted by molar-refractivity contribution is 0.103. The molecule has 0 aliphatic rings. The summed E-state index contributed by atoms with van der Waals surface area (Å²) in [7, 11) is 0. The van der Waals surface area contributed by atoms with Crippen LogP contribution in [0.15, 0.2) is 48.5 Å². The zero-order valence-electron chi connectivity index (χ0n) is 9.06. The Morgan fingerprint density at radius 3 is 2.35 bits per heavy atom. The van der Waals surface area contributed by atoms with E-state index in [0.717, 1.165) is 0 Å². The number of carbonyl (C=O) groups is 1. The van der Waals surface area contributed by atoms with E-state index in [1.165, 1.54) is 24.3 Å². The van der Waals surface area contributed by atoms with Gasteiger partial charge in [-0.1, -0.05) is 24.3 Å². The van der Waals surface area contributed by atoms with Crippen molar-refractivity contribution in [2.24, 2.45) is 0 Å². The molecule has 0 saturated heterocycles. The number of aliphatic hydroxyl groups excluding tert-OH is 1. The SMILES string of the molecule is O=C(c1ccc(F)cc1)c1ccccc1CO. The molecule has 1 N–H and O–H groups in total. The fourth-order valence-corrected chi connectivity index (χ4v) is 1.64. The third kappa shape index (κ3) is 2.40. The van der Waals surface area contributed by atoms with Gasteiger partial charge in [-0.2, -0.15) is 0 Å². The van der Waals surface area contributed by atoms with Gasteiger partial charge in [0.2, 0.25) is 0 Å². The summed E-state index contributed by atoms with van der Waals surface area (Å²) in [5.74, 6) is -0.591. The highest BCUT2D eigenvalue weighted by molar-refractivity contribution is 6.09. The molecule has 86 valence electrons. The lowest BCUT2D eigenvalue weighted by Crippen LogP contribution is -2.05. The first kappa shape index (κ1) is 11.5. The van der Waals surface area contributed by atoms with Gasteiger partial charge in [0.25, 0.3) is 0 Å². The molecule has 2 rings (SSSR count). The van der Waals surface area contributed by atoms with Crippen molar-refractivity contribution in [3.8, 4) is 0 Å². The van der Waals surface area contributed by atoms with Crippen molar-refractivity contribution in [1.29, 1.82) is 0 Å². The largest absolute Gasteiger partial charge is 0.392 e. The van der Waals surface area contributed by atoms with Crippen molar-refractivity contribution in [2.45, 2.75) is 6.61 Å². The molecule has 0 radical (unpaired) electrons. The zero-order valence-corrected chi connectivity index (χ0v) is 9.06. The summed E-state index contributed by atoms with van der Waals surface area (Å²) in [5, 5.41) is 9.15. The summed E-state index contributed by atoms with van der Waals surface area (Å²) >= 11 is 0. The fraction of sp³-hybridized carbons (Fsp3) is 0.0714. The van der Waals surface area contributed by atoms with Gasteiger partial charge in [-0.25, -0.2) is 4.39 Å². The molecule has 0 spiro atoms. The molecule has 0 bridgehead atoms. The molecule has 2 nitrogen and oxygen atoms in total. The predicted molar refractivity (Wildman–Crippen MR) is 62.2 cm³/mol. The topological polar surface area (TPSA) is 37.3 Å². The minimum absolute atomic E-state index is 0.191. The van der Waals surface area contributed by atoms with Crippen LogP contribution in [0, 0.1) is 5.82 Å². The Labute approximate surface area is 98.3 Å². The Balaban J connectivity index is 2.40. The van der Waals surface area contributed by atoms with E-state index in [4.69, 9.17) is 5.11 Å². The highest BCUT2D eigenvalue weighted by atomic mass is 19.1. The van der Waals surface area contributed by atoms with E-state index in [0.29, 0.717) is 16.7 Å². The number of ketones is 1. The van der Waals surface area contributed by atoms with E-state index >= 15 is 0 Å². The first-order valence-corrected chi connectivity index (χ1v) is 5.21. The molecule has 0 saturated carbocycles. The average molecular weight is 230 g/mol. The van der Waals surface area contributed by atoms with Crippen LogP contribution < -0.4 is 0 Å². The van der Waals surface area contributed by atoms with Gasteiger partial charge in [-0.15, -0.1) is 0 Å². The molecule has 0 amide bonds. The molecule has 0 unspecified atom stereocenters. The molecular weight excluding hydrogens is 219 g/mol. The van der Waals surface area contributed by atoms with Gasteiger partial charge in [0.15, 0.2) is 5.78 Å². The molecule has 0 fully saturated rings. The second-order valence-corrected chi connectivity index (χ2v) is 3.65. The molecule has 2 aromatic carbocycles. The average Bonchev–Trinajstić information content (AvgIpc) is 2.39. The number of aliphatic hydroxyl groups is 1. The second-order valence-electron chi connectivity index (χ2n) is 3.65. The Morgan fingerprint density at radius 2 is 1.71 bits per heavy atom. The van der Waals surface area contributed by atoms with Gasteiger partial charge < -0.3 is 5.11 Å². The van der Waals surface area contributed by atoms with E-state index in [-0.39, 0.29) is 18.2 Å². The van der Waals surface area contributed by atoms with Crippen LogP contribution in [0.4, 0.5) is 4.39 Å². The minimum Gasteiger partial charge on any atom is -0.392 e. The number of rotatable bonds is 3. The molecule has 0 aliphatic heterocycles. The van der Waals surface area contributed by atoms with Gasteiger partial charge in [-0.05, 0) is 29.8 Å². The minimum atomic E-state index is -0.378. The van der Waals surface area contributed by atoms with Crippen LogP contribution in [-0.4, -0.2) is 10.9 Å². The van der Waals surface area contributed by atoms with Crippen molar-refractivity contribution in [1.82, 2.24) is 0 Å². The lowest BCUT2D eigenvalue weighted by Gasteiger charge is -2.06. The molecule has 0 aromatic heterocycles. The monoisotopic (exact) mass is 230 g/mol. The summed E-state index contributed by atoms with van der Waals surface area (Å²) < 4.78 is 12.7. The smallest absolute Gasteiger partial charge is 0.193 e. The maximum atomic E-state index is 12.7. The Morgan fingerprint density at radius 1 is 1.06 bits per heavy atom. The maximum Gasteiger partial charge on any atom is 0.193 e. The van der Waals surface area contributed by atoms with Crippen molar-refractivity contribution < 1.29 is 14.3 Å². The number of benzene rings is 2.